The topological polar surface area (TPSA) is 40.5 Å². The Balaban J connectivity index is 0.000000771. The monoisotopic (exact) mass is 980 g/mol. The van der Waals surface area contributed by atoms with E-state index in [0.29, 0.717) is 0 Å². The molecular weight excluding hydrogens is 930 g/mol. The Labute approximate surface area is 341 Å². The van der Waals surface area contributed by atoms with E-state index in [1.165, 1.54) is 84.6 Å². The number of halogens is 10. The van der Waals surface area contributed by atoms with Crippen molar-refractivity contribution in [3.63, 3.8) is 0 Å². The Hall–Kier alpha value is -1.20. The predicted octanol–water partition coefficient (Wildman–Crippen LogP) is 10.3. The van der Waals surface area contributed by atoms with Crippen LogP contribution in [0.5, 0.6) is 0 Å². The summed E-state index contributed by atoms with van der Waals surface area (Å²) in [6, 6.07) is 17.4. The van der Waals surface area contributed by atoms with Crippen molar-refractivity contribution in [1.82, 2.24) is 0 Å². The first-order valence-corrected chi connectivity index (χ1v) is 25.4. The van der Waals surface area contributed by atoms with Gasteiger partial charge >= 0.3 is 286 Å². The van der Waals surface area contributed by atoms with Crippen LogP contribution in [0, 0.1) is 83.1 Å². The van der Waals surface area contributed by atoms with E-state index in [2.05, 4.69) is 132 Å². The summed E-state index contributed by atoms with van der Waals surface area (Å²) in [4.78, 5) is 0. The Bertz CT molecular complexity index is 1510. The molecule has 0 heterocycles. The maximum atomic E-state index is 11.0. The van der Waals surface area contributed by atoms with Crippen LogP contribution in [0.4, 0.5) is 24.6 Å². The van der Waals surface area contributed by atoms with Crippen molar-refractivity contribution in [2.75, 3.05) is 10.7 Å². The van der Waals surface area contributed by atoms with Crippen LogP contribution in [0.25, 0.3) is 0 Å². The van der Waals surface area contributed by atoms with Crippen LogP contribution in [0.2, 0.25) is 0 Å². The molecule has 0 amide bonds. The van der Waals surface area contributed by atoms with E-state index in [0.717, 1.165) is 0 Å². The van der Waals surface area contributed by atoms with Gasteiger partial charge < -0.3 is 0 Å². The van der Waals surface area contributed by atoms with Crippen LogP contribution in [0.15, 0.2) is 48.5 Å². The van der Waals surface area contributed by atoms with Crippen LogP contribution in [-0.4, -0.2) is 56.1 Å². The van der Waals surface area contributed by atoms with E-state index in [9.17, 15) is 33.0 Å². The molecule has 0 atom stereocenters. The fourth-order valence-corrected chi connectivity index (χ4v) is 13.1. The molecule has 300 valence electrons. The molecule has 0 fully saturated rings. The second-order valence-corrected chi connectivity index (χ2v) is 22.3. The maximum absolute atomic E-state index is 11.0. The number of aryl methyl sites for hydroxylation is 12. The third-order valence-corrected chi connectivity index (χ3v) is 15.8. The zero-order chi connectivity index (χ0) is 41.9. The van der Waals surface area contributed by atoms with Crippen LogP contribution < -0.4 is 17.8 Å². The second kappa shape index (κ2) is 20.8. The molecule has 0 bridgehead atoms. The first-order valence-electron chi connectivity index (χ1n) is 16.0. The molecule has 4 aromatic carbocycles. The summed E-state index contributed by atoms with van der Waals surface area (Å²) >= 11 is 15.1. The SMILES string of the molecule is Cc1cc(C)c([Se+](O)c2c(C)cc(C)cc2C)c(C)c1.Cc1cc(C)c([Se+](O)c2c(C)cc(C)cc2C)c(C)c1.ClCCl.ClCCl.F[Si-2](F)(F)(F)(F)F. The Morgan fingerprint density at radius 2 is 0.472 bits per heavy atom. The van der Waals surface area contributed by atoms with Gasteiger partial charge in [0.05, 0.1) is 10.7 Å². The minimum atomic E-state index is -10.8. The first kappa shape index (κ1) is 51.8. The van der Waals surface area contributed by atoms with Crippen molar-refractivity contribution in [2.24, 2.45) is 0 Å². The predicted molar refractivity (Wildman–Crippen MR) is 223 cm³/mol. The van der Waals surface area contributed by atoms with Gasteiger partial charge in [-0.3, -0.25) is 0 Å². The zero-order valence-corrected chi connectivity index (χ0v) is 39.5. The summed E-state index contributed by atoms with van der Waals surface area (Å²) in [5.41, 5.74) is 14.8. The molecule has 0 aliphatic heterocycles. The van der Waals surface area contributed by atoms with E-state index >= 15 is 0 Å². The molecule has 2 nitrogen and oxygen atoms in total. The van der Waals surface area contributed by atoms with Gasteiger partial charge in [-0.2, -0.15) is 0 Å². The van der Waals surface area contributed by atoms with Gasteiger partial charge in [-0.25, -0.2) is 0 Å². The molecule has 0 saturated heterocycles. The van der Waals surface area contributed by atoms with Crippen LogP contribution in [0.3, 0.4) is 0 Å². The standard InChI is InChI=1S/2C18H23OSe.2CH2Cl2.F6Si/c2*1-11-7-13(3)17(14(4)8-11)20(19)18-15(5)9-12(2)10-16(18)6;2*2-1-3;1-7(2,3,4,5)6/h2*7-10,19H,1-6H3;2*1H2;/q2*+1;;;-2. The Kier molecular flexibility index (Phi) is 20.3. The van der Waals surface area contributed by atoms with Gasteiger partial charge in [0.2, 0.25) is 0 Å². The molecule has 0 aliphatic carbocycles. The molecule has 4 aromatic rings. The number of hydrogen-bond donors (Lipinski definition) is 2. The quantitative estimate of drug-likeness (QED) is 0.0926. The molecule has 0 aromatic heterocycles. The fraction of sp³-hybridized carbons (Fsp3) is 0.368. The van der Waals surface area contributed by atoms with Crippen molar-refractivity contribution in [3.05, 3.63) is 115 Å². The molecule has 4 rings (SSSR count). The zero-order valence-electron chi connectivity index (χ0n) is 32.0. The third kappa shape index (κ3) is 19.5. The molecule has 0 aliphatic rings. The second-order valence-electron chi connectivity index (χ2n) is 12.8. The van der Waals surface area contributed by atoms with Crippen molar-refractivity contribution < 1.29 is 33.0 Å². The molecule has 2 N–H and O–H groups in total. The number of hydrogen-bond acceptors (Lipinski definition) is 2. The van der Waals surface area contributed by atoms with Gasteiger partial charge in [0.1, 0.15) is 0 Å². The molecule has 15 heteroatoms. The average Bonchev–Trinajstić information content (AvgIpc) is 2.90. The number of alkyl halides is 4. The van der Waals surface area contributed by atoms with Gasteiger partial charge in [0.25, 0.3) is 0 Å². The summed E-state index contributed by atoms with van der Waals surface area (Å²) in [6.45, 7) is 25.3. The van der Waals surface area contributed by atoms with Crippen molar-refractivity contribution in [2.45, 2.75) is 83.1 Å². The summed E-state index contributed by atoms with van der Waals surface area (Å²) < 4.78 is 86.0. The van der Waals surface area contributed by atoms with Crippen molar-refractivity contribution in [3.8, 4) is 0 Å². The molecule has 0 unspecified atom stereocenters. The number of rotatable bonds is 4. The summed E-state index contributed by atoms with van der Waals surface area (Å²) in [7, 11) is -10.8. The van der Waals surface area contributed by atoms with Gasteiger partial charge in [-0.05, 0) is 0 Å². The van der Waals surface area contributed by atoms with Crippen LogP contribution in [0.1, 0.15) is 66.8 Å². The molecule has 0 radical (unpaired) electrons. The fourth-order valence-electron chi connectivity index (χ4n) is 6.09. The van der Waals surface area contributed by atoms with Gasteiger partial charge in [0, 0.05) is 0 Å². The molecule has 0 spiro atoms. The van der Waals surface area contributed by atoms with Crippen molar-refractivity contribution >= 4 is 101 Å². The Morgan fingerprint density at radius 1 is 0.377 bits per heavy atom. The van der Waals surface area contributed by atoms with E-state index in [1.54, 1.807) is 0 Å². The molecule has 53 heavy (non-hydrogen) atoms. The average molecular weight is 981 g/mol. The van der Waals surface area contributed by atoms with E-state index in [1.807, 2.05) is 0 Å². The van der Waals surface area contributed by atoms with Crippen LogP contribution in [-0.2, 0) is 0 Å². The summed E-state index contributed by atoms with van der Waals surface area (Å²) in [6.07, 6.45) is 0. The Morgan fingerprint density at radius 3 is 0.566 bits per heavy atom. The van der Waals surface area contributed by atoms with E-state index in [-0.39, 0.29) is 10.7 Å². The van der Waals surface area contributed by atoms with E-state index in [4.69, 9.17) is 46.4 Å². The van der Waals surface area contributed by atoms with Gasteiger partial charge in [-0.15, -0.1) is 46.4 Å². The summed E-state index contributed by atoms with van der Waals surface area (Å²) in [5, 5.41) is 0.389. The normalized spacial score (nSPS) is 12.2. The number of benzene rings is 4. The molecular formula is C38H50Cl4F6O2Se2Si. The summed E-state index contributed by atoms with van der Waals surface area (Å²) in [5.74, 6) is 0. The first-order chi connectivity index (χ1) is 23.9. The third-order valence-electron chi connectivity index (χ3n) is 7.19. The van der Waals surface area contributed by atoms with Gasteiger partial charge in [0.15, 0.2) is 0 Å². The minimum absolute atomic E-state index is 0.194. The molecule has 0 saturated carbocycles. The van der Waals surface area contributed by atoms with E-state index < -0.39 is 37.1 Å². The van der Waals surface area contributed by atoms with Crippen LogP contribution >= 0.6 is 46.4 Å². The van der Waals surface area contributed by atoms with Gasteiger partial charge in [-0.1, -0.05) is 0 Å². The van der Waals surface area contributed by atoms with Crippen molar-refractivity contribution in [1.29, 1.82) is 0 Å².